The van der Waals surface area contributed by atoms with Crippen LogP contribution in [0.3, 0.4) is 0 Å². The molecule has 2 rings (SSSR count). The van der Waals surface area contributed by atoms with Gasteiger partial charge in [-0.2, -0.15) is 0 Å². The number of carbonyl (C=O) groups excluding carboxylic acids is 1. The second-order valence-corrected chi connectivity index (χ2v) is 10.1. The molecule has 0 aliphatic carbocycles. The highest BCUT2D eigenvalue weighted by Crippen LogP contribution is 2.23. The van der Waals surface area contributed by atoms with Crippen molar-refractivity contribution >= 4 is 43.1 Å². The topological polar surface area (TPSA) is 66.5 Å². The molecule has 0 spiro atoms. The Bertz CT molecular complexity index is 816. The molecule has 24 heavy (non-hydrogen) atoms. The Balaban J connectivity index is 1.97. The van der Waals surface area contributed by atoms with Crippen molar-refractivity contribution in [2.75, 3.05) is 13.3 Å². The molecule has 2 aromatic rings. The van der Waals surface area contributed by atoms with Crippen molar-refractivity contribution in [3.8, 4) is 0 Å². The van der Waals surface area contributed by atoms with E-state index < -0.39 is 9.84 Å². The molecular formula is C16H19BrN2O3S2. The molecule has 1 heterocycles. The molecule has 0 aliphatic heterocycles. The Hall–Kier alpha value is -1.38. The fourth-order valence-corrected chi connectivity index (χ4v) is 4.29. The van der Waals surface area contributed by atoms with Gasteiger partial charge in [-0.3, -0.25) is 0 Å². The summed E-state index contributed by atoms with van der Waals surface area (Å²) in [5, 5.41) is 2.91. The number of benzene rings is 1. The van der Waals surface area contributed by atoms with E-state index in [1.807, 2.05) is 19.1 Å². The molecule has 2 amide bonds. The van der Waals surface area contributed by atoms with Gasteiger partial charge in [-0.25, -0.2) is 13.2 Å². The first-order valence-electron chi connectivity index (χ1n) is 7.22. The molecule has 130 valence electrons. The minimum atomic E-state index is -3.21. The van der Waals surface area contributed by atoms with Gasteiger partial charge >= 0.3 is 6.03 Å². The minimum Gasteiger partial charge on any atom is -0.331 e. The fraction of sp³-hybridized carbons (Fsp3) is 0.312. The second-order valence-electron chi connectivity index (χ2n) is 5.57. The van der Waals surface area contributed by atoms with Crippen LogP contribution in [0.4, 0.5) is 4.79 Å². The molecule has 5 nitrogen and oxygen atoms in total. The third-order valence-electron chi connectivity index (χ3n) is 3.52. The summed E-state index contributed by atoms with van der Waals surface area (Å²) >= 11 is 5.00. The lowest BCUT2D eigenvalue weighted by molar-refractivity contribution is 0.204. The van der Waals surface area contributed by atoms with Crippen LogP contribution in [-0.2, 0) is 16.4 Å². The lowest BCUT2D eigenvalue weighted by Crippen LogP contribution is -2.38. The molecule has 0 bridgehead atoms. The first-order valence-corrected chi connectivity index (χ1v) is 10.7. The zero-order chi connectivity index (χ0) is 17.9. The predicted octanol–water partition coefficient (Wildman–Crippen LogP) is 3.82. The monoisotopic (exact) mass is 430 g/mol. The normalized spacial score (nSPS) is 12.7. The van der Waals surface area contributed by atoms with E-state index >= 15 is 0 Å². The molecule has 1 aromatic carbocycles. The first-order chi connectivity index (χ1) is 11.2. The van der Waals surface area contributed by atoms with Gasteiger partial charge < -0.3 is 10.2 Å². The number of halogens is 1. The lowest BCUT2D eigenvalue weighted by Gasteiger charge is -2.21. The molecule has 0 radical (unpaired) electrons. The molecule has 0 aliphatic rings. The fourth-order valence-electron chi connectivity index (χ4n) is 2.12. The molecule has 1 unspecified atom stereocenters. The Labute approximate surface area is 154 Å². The molecular weight excluding hydrogens is 412 g/mol. The van der Waals surface area contributed by atoms with E-state index in [1.54, 1.807) is 47.5 Å². The summed E-state index contributed by atoms with van der Waals surface area (Å²) in [6, 6.07) is 10.1. The number of carbonyl (C=O) groups is 1. The summed E-state index contributed by atoms with van der Waals surface area (Å²) in [5.74, 6) is 0. The van der Waals surface area contributed by atoms with Crippen LogP contribution in [0, 0.1) is 0 Å². The molecule has 0 saturated heterocycles. The zero-order valence-corrected chi connectivity index (χ0v) is 16.8. The van der Waals surface area contributed by atoms with Gasteiger partial charge in [-0.15, -0.1) is 11.3 Å². The predicted molar refractivity (Wildman–Crippen MR) is 100.0 cm³/mol. The van der Waals surface area contributed by atoms with Gasteiger partial charge in [0.2, 0.25) is 0 Å². The summed E-state index contributed by atoms with van der Waals surface area (Å²) in [6.07, 6.45) is 1.17. The second kappa shape index (κ2) is 7.67. The first kappa shape index (κ1) is 19.0. The van der Waals surface area contributed by atoms with Gasteiger partial charge in [0.15, 0.2) is 9.84 Å². The smallest absolute Gasteiger partial charge is 0.317 e. The van der Waals surface area contributed by atoms with Crippen molar-refractivity contribution in [1.82, 2.24) is 10.2 Å². The summed E-state index contributed by atoms with van der Waals surface area (Å²) < 4.78 is 24.0. The van der Waals surface area contributed by atoms with E-state index in [0.717, 1.165) is 14.2 Å². The Morgan fingerprint density at radius 1 is 1.25 bits per heavy atom. The van der Waals surface area contributed by atoms with Gasteiger partial charge in [-0.05, 0) is 52.7 Å². The van der Waals surface area contributed by atoms with Gasteiger partial charge in [-0.1, -0.05) is 12.1 Å². The number of thiophene rings is 1. The van der Waals surface area contributed by atoms with Crippen molar-refractivity contribution in [3.63, 3.8) is 0 Å². The van der Waals surface area contributed by atoms with Crippen molar-refractivity contribution in [1.29, 1.82) is 0 Å². The summed E-state index contributed by atoms with van der Waals surface area (Å²) in [5.41, 5.74) is 0.850. The number of hydrogen-bond acceptors (Lipinski definition) is 4. The number of amides is 2. The van der Waals surface area contributed by atoms with E-state index in [-0.39, 0.29) is 17.0 Å². The van der Waals surface area contributed by atoms with Gasteiger partial charge in [0.05, 0.1) is 21.3 Å². The van der Waals surface area contributed by atoms with Gasteiger partial charge in [0.1, 0.15) is 0 Å². The third kappa shape index (κ3) is 5.06. The van der Waals surface area contributed by atoms with Crippen LogP contribution in [0.25, 0.3) is 0 Å². The van der Waals surface area contributed by atoms with E-state index in [4.69, 9.17) is 0 Å². The average molecular weight is 431 g/mol. The number of sulfone groups is 1. The zero-order valence-electron chi connectivity index (χ0n) is 13.6. The minimum absolute atomic E-state index is 0.181. The Kier molecular flexibility index (Phi) is 6.06. The highest BCUT2D eigenvalue weighted by Gasteiger charge is 2.15. The molecule has 1 atom stereocenters. The van der Waals surface area contributed by atoms with Crippen LogP contribution in [0.15, 0.2) is 45.1 Å². The summed E-state index contributed by atoms with van der Waals surface area (Å²) in [6.45, 7) is 2.39. The van der Waals surface area contributed by atoms with Crippen LogP contribution in [0.5, 0.6) is 0 Å². The maximum absolute atomic E-state index is 12.3. The van der Waals surface area contributed by atoms with Crippen molar-refractivity contribution < 1.29 is 13.2 Å². The molecule has 0 saturated carbocycles. The highest BCUT2D eigenvalue weighted by atomic mass is 79.9. The van der Waals surface area contributed by atoms with Crippen molar-refractivity contribution in [2.24, 2.45) is 0 Å². The standard InChI is InChI=1S/C16H19BrN2O3S2/c1-11(12-4-7-14(8-5-12)24(3,21)22)18-16(20)19(2)10-13-6-9-15(17)23-13/h4-9,11H,10H2,1-3H3,(H,18,20). The quantitative estimate of drug-likeness (QED) is 0.783. The SMILES string of the molecule is CC(NC(=O)N(C)Cc1ccc(Br)s1)c1ccc(S(C)(=O)=O)cc1. The number of nitrogens with zero attached hydrogens (tertiary/aromatic N) is 1. The largest absolute Gasteiger partial charge is 0.331 e. The number of hydrogen-bond donors (Lipinski definition) is 1. The van der Waals surface area contributed by atoms with Crippen LogP contribution in [0.1, 0.15) is 23.4 Å². The number of nitrogens with one attached hydrogen (secondary N) is 1. The molecule has 8 heteroatoms. The van der Waals surface area contributed by atoms with E-state index in [9.17, 15) is 13.2 Å². The highest BCUT2D eigenvalue weighted by molar-refractivity contribution is 9.11. The third-order valence-corrected chi connectivity index (χ3v) is 6.25. The summed E-state index contributed by atoms with van der Waals surface area (Å²) in [4.78, 5) is 15.2. The van der Waals surface area contributed by atoms with Crippen LogP contribution >= 0.6 is 27.3 Å². The van der Waals surface area contributed by atoms with Crippen LogP contribution in [-0.4, -0.2) is 32.7 Å². The van der Waals surface area contributed by atoms with E-state index in [2.05, 4.69) is 21.2 Å². The maximum atomic E-state index is 12.3. The van der Waals surface area contributed by atoms with E-state index in [0.29, 0.717) is 6.54 Å². The molecule has 0 fully saturated rings. The van der Waals surface area contributed by atoms with Gasteiger partial charge in [0.25, 0.3) is 0 Å². The van der Waals surface area contributed by atoms with Crippen molar-refractivity contribution in [2.45, 2.75) is 24.4 Å². The number of rotatable bonds is 5. The summed E-state index contributed by atoms with van der Waals surface area (Å²) in [7, 11) is -1.47. The van der Waals surface area contributed by atoms with Crippen molar-refractivity contribution in [3.05, 3.63) is 50.6 Å². The average Bonchev–Trinajstić information content (AvgIpc) is 2.91. The van der Waals surface area contributed by atoms with E-state index in [1.165, 1.54) is 6.26 Å². The lowest BCUT2D eigenvalue weighted by atomic mass is 10.1. The van der Waals surface area contributed by atoms with Gasteiger partial charge in [0, 0.05) is 18.2 Å². The number of urea groups is 1. The van der Waals surface area contributed by atoms with Crippen LogP contribution < -0.4 is 5.32 Å². The Morgan fingerprint density at radius 2 is 1.88 bits per heavy atom. The maximum Gasteiger partial charge on any atom is 0.317 e. The van der Waals surface area contributed by atoms with Crippen LogP contribution in [0.2, 0.25) is 0 Å². The molecule has 1 N–H and O–H groups in total. The Morgan fingerprint density at radius 3 is 2.38 bits per heavy atom. The molecule has 1 aromatic heterocycles.